The molecule has 7 nitrogen and oxygen atoms in total. The number of nitrogens with zero attached hydrogens (tertiary/aromatic N) is 2. The highest BCUT2D eigenvalue weighted by molar-refractivity contribution is 7.92. The lowest BCUT2D eigenvalue weighted by molar-refractivity contribution is 0.102. The number of benzene rings is 3. The molecule has 1 saturated heterocycles. The van der Waals surface area contributed by atoms with Crippen molar-refractivity contribution in [3.05, 3.63) is 83.9 Å². The van der Waals surface area contributed by atoms with Gasteiger partial charge in [-0.15, -0.1) is 0 Å². The third-order valence-electron chi connectivity index (χ3n) is 6.30. The van der Waals surface area contributed by atoms with E-state index >= 15 is 0 Å². The van der Waals surface area contributed by atoms with E-state index in [9.17, 15) is 13.2 Å². The van der Waals surface area contributed by atoms with Crippen molar-refractivity contribution in [1.82, 2.24) is 0 Å². The molecule has 0 aliphatic carbocycles. The number of hydrogen-bond acceptors (Lipinski definition) is 5. The molecule has 0 bridgehead atoms. The Morgan fingerprint density at radius 1 is 0.941 bits per heavy atom. The Morgan fingerprint density at radius 2 is 1.65 bits per heavy atom. The van der Waals surface area contributed by atoms with Gasteiger partial charge in [0.25, 0.3) is 15.9 Å². The highest BCUT2D eigenvalue weighted by Crippen LogP contribution is 2.36. The maximum atomic E-state index is 13.6. The summed E-state index contributed by atoms with van der Waals surface area (Å²) in [6, 6.07) is 21.2. The molecule has 2 aliphatic rings. The highest BCUT2D eigenvalue weighted by atomic mass is 32.2. The van der Waals surface area contributed by atoms with Gasteiger partial charge in [0.15, 0.2) is 0 Å². The van der Waals surface area contributed by atoms with Crippen molar-refractivity contribution in [2.75, 3.05) is 40.8 Å². The summed E-state index contributed by atoms with van der Waals surface area (Å²) in [5, 5.41) is 2.97. The molecule has 5 rings (SSSR count). The Hall–Kier alpha value is -3.36. The number of nitrogens with one attached hydrogen (secondary N) is 1. The molecule has 1 N–H and O–H groups in total. The monoisotopic (exact) mass is 477 g/mol. The van der Waals surface area contributed by atoms with Gasteiger partial charge in [-0.25, -0.2) is 8.42 Å². The van der Waals surface area contributed by atoms with E-state index in [1.54, 1.807) is 18.2 Å². The van der Waals surface area contributed by atoms with Gasteiger partial charge in [-0.05, 0) is 55.3 Å². The molecule has 2 heterocycles. The maximum absolute atomic E-state index is 13.6. The standard InChI is InChI=1S/C26H27N3O4S/c1-19-17-20-7-2-4-11-24(20)29(19)34(31,32)22-9-6-8-21(18-22)26(30)27-23-10-3-5-12-25(23)28-13-15-33-16-14-28/h2-12,18-19H,13-17H2,1H3,(H,27,30). The van der Waals surface area contributed by atoms with Gasteiger partial charge < -0.3 is 15.0 Å². The molecule has 8 heteroatoms. The molecule has 2 aliphatic heterocycles. The van der Waals surface area contributed by atoms with E-state index in [0.717, 1.165) is 24.3 Å². The Morgan fingerprint density at radius 3 is 2.44 bits per heavy atom. The number of carbonyl (C=O) groups is 1. The molecule has 0 aromatic heterocycles. The van der Waals surface area contributed by atoms with Crippen LogP contribution < -0.4 is 14.5 Å². The van der Waals surface area contributed by atoms with E-state index in [-0.39, 0.29) is 22.4 Å². The molecule has 0 radical (unpaired) electrons. The smallest absolute Gasteiger partial charge is 0.264 e. The average Bonchev–Trinajstić information content (AvgIpc) is 3.21. The molecule has 1 fully saturated rings. The largest absolute Gasteiger partial charge is 0.378 e. The zero-order valence-corrected chi connectivity index (χ0v) is 19.8. The van der Waals surface area contributed by atoms with Crippen LogP contribution in [-0.4, -0.2) is 46.7 Å². The average molecular weight is 478 g/mol. The first-order chi connectivity index (χ1) is 16.4. The fourth-order valence-corrected chi connectivity index (χ4v) is 6.41. The van der Waals surface area contributed by atoms with E-state index in [4.69, 9.17) is 4.74 Å². The van der Waals surface area contributed by atoms with Gasteiger partial charge in [-0.3, -0.25) is 9.10 Å². The lowest BCUT2D eigenvalue weighted by Crippen LogP contribution is -2.36. The van der Waals surface area contributed by atoms with Crippen LogP contribution in [0.3, 0.4) is 0 Å². The number of ether oxygens (including phenoxy) is 1. The van der Waals surface area contributed by atoms with E-state index in [1.807, 2.05) is 55.5 Å². The van der Waals surface area contributed by atoms with E-state index in [1.165, 1.54) is 10.4 Å². The van der Waals surface area contributed by atoms with Crippen LogP contribution in [0.1, 0.15) is 22.8 Å². The Balaban J connectivity index is 1.42. The normalized spacial score (nSPS) is 18.0. The second-order valence-electron chi connectivity index (χ2n) is 8.58. The van der Waals surface area contributed by atoms with Crippen LogP contribution in [0.15, 0.2) is 77.7 Å². The second kappa shape index (κ2) is 9.12. The Kier molecular flexibility index (Phi) is 6.02. The predicted molar refractivity (Wildman–Crippen MR) is 133 cm³/mol. The number of rotatable bonds is 5. The van der Waals surface area contributed by atoms with Gasteiger partial charge in [-0.1, -0.05) is 36.4 Å². The first-order valence-corrected chi connectivity index (χ1v) is 12.8. The quantitative estimate of drug-likeness (QED) is 0.603. The topological polar surface area (TPSA) is 79.0 Å². The zero-order chi connectivity index (χ0) is 23.7. The molecule has 1 amide bonds. The van der Waals surface area contributed by atoms with Gasteiger partial charge in [0.2, 0.25) is 0 Å². The molecule has 1 unspecified atom stereocenters. The molecular formula is C26H27N3O4S. The zero-order valence-electron chi connectivity index (χ0n) is 19.0. The molecule has 3 aromatic rings. The maximum Gasteiger partial charge on any atom is 0.264 e. The van der Waals surface area contributed by atoms with Crippen molar-refractivity contribution in [3.63, 3.8) is 0 Å². The number of para-hydroxylation sites is 3. The number of morpholine rings is 1. The number of carbonyl (C=O) groups excluding carboxylic acids is 1. The van der Waals surface area contributed by atoms with Crippen molar-refractivity contribution in [1.29, 1.82) is 0 Å². The number of fused-ring (bicyclic) bond motifs is 1. The van der Waals surface area contributed by atoms with Crippen LogP contribution in [0.5, 0.6) is 0 Å². The molecule has 0 spiro atoms. The van der Waals surface area contributed by atoms with Gasteiger partial charge in [0.1, 0.15) is 0 Å². The summed E-state index contributed by atoms with van der Waals surface area (Å²) in [5.41, 5.74) is 3.60. The van der Waals surface area contributed by atoms with Crippen molar-refractivity contribution < 1.29 is 17.9 Å². The Labute approximate surface area is 200 Å². The number of hydrogen-bond donors (Lipinski definition) is 1. The second-order valence-corrected chi connectivity index (χ2v) is 10.4. The van der Waals surface area contributed by atoms with Crippen LogP contribution in [0.4, 0.5) is 17.1 Å². The SMILES string of the molecule is CC1Cc2ccccc2N1S(=O)(=O)c1cccc(C(=O)Nc2ccccc2N2CCOCC2)c1. The summed E-state index contributed by atoms with van der Waals surface area (Å²) in [4.78, 5) is 15.4. The predicted octanol–water partition coefficient (Wildman–Crippen LogP) is 3.92. The summed E-state index contributed by atoms with van der Waals surface area (Å²) < 4.78 is 34.1. The van der Waals surface area contributed by atoms with Crippen molar-refractivity contribution in [2.24, 2.45) is 0 Å². The summed E-state index contributed by atoms with van der Waals surface area (Å²) in [7, 11) is -3.82. The highest BCUT2D eigenvalue weighted by Gasteiger charge is 2.36. The molecular weight excluding hydrogens is 450 g/mol. The summed E-state index contributed by atoms with van der Waals surface area (Å²) >= 11 is 0. The van der Waals surface area contributed by atoms with Crippen LogP contribution >= 0.6 is 0 Å². The van der Waals surface area contributed by atoms with Crippen LogP contribution in [-0.2, 0) is 21.2 Å². The minimum Gasteiger partial charge on any atom is -0.378 e. The fourth-order valence-electron chi connectivity index (χ4n) is 4.67. The fraction of sp³-hybridized carbons (Fsp3) is 0.269. The van der Waals surface area contributed by atoms with E-state index in [0.29, 0.717) is 31.0 Å². The summed E-state index contributed by atoms with van der Waals surface area (Å²) in [6.07, 6.45) is 0.661. The van der Waals surface area contributed by atoms with E-state index < -0.39 is 10.0 Å². The van der Waals surface area contributed by atoms with Gasteiger partial charge in [0.05, 0.1) is 35.2 Å². The van der Waals surface area contributed by atoms with Crippen molar-refractivity contribution in [3.8, 4) is 0 Å². The minimum atomic E-state index is -3.82. The third kappa shape index (κ3) is 4.15. The Bertz CT molecular complexity index is 1320. The molecule has 3 aromatic carbocycles. The molecule has 176 valence electrons. The molecule has 0 saturated carbocycles. The lowest BCUT2D eigenvalue weighted by atomic mass is 10.1. The van der Waals surface area contributed by atoms with Crippen LogP contribution in [0.2, 0.25) is 0 Å². The third-order valence-corrected chi connectivity index (χ3v) is 8.23. The number of sulfonamides is 1. The van der Waals surface area contributed by atoms with Crippen molar-refractivity contribution >= 4 is 33.0 Å². The summed E-state index contributed by atoms with van der Waals surface area (Å²) in [6.45, 7) is 4.67. The minimum absolute atomic E-state index is 0.102. The van der Waals surface area contributed by atoms with Crippen LogP contribution in [0.25, 0.3) is 0 Å². The molecule has 34 heavy (non-hydrogen) atoms. The number of anilines is 3. The first-order valence-electron chi connectivity index (χ1n) is 11.4. The molecule has 1 atom stereocenters. The summed E-state index contributed by atoms with van der Waals surface area (Å²) in [5.74, 6) is -0.354. The van der Waals surface area contributed by atoms with Crippen LogP contribution in [0, 0.1) is 0 Å². The van der Waals surface area contributed by atoms with E-state index in [2.05, 4.69) is 10.2 Å². The lowest BCUT2D eigenvalue weighted by Gasteiger charge is -2.30. The van der Waals surface area contributed by atoms with Crippen molar-refractivity contribution in [2.45, 2.75) is 24.3 Å². The van der Waals surface area contributed by atoms with Gasteiger partial charge in [0, 0.05) is 24.7 Å². The van der Waals surface area contributed by atoms with Gasteiger partial charge in [-0.2, -0.15) is 0 Å². The van der Waals surface area contributed by atoms with Gasteiger partial charge >= 0.3 is 0 Å². The first kappa shape index (κ1) is 22.4. The number of amides is 1.